The van der Waals surface area contributed by atoms with Gasteiger partial charge in [0.2, 0.25) is 5.91 Å². The summed E-state index contributed by atoms with van der Waals surface area (Å²) in [5, 5.41) is 3.02. The van der Waals surface area contributed by atoms with Gasteiger partial charge in [0, 0.05) is 18.0 Å². The Bertz CT molecular complexity index is 572. The highest BCUT2D eigenvalue weighted by Gasteiger charge is 2.27. The normalized spacial score (nSPS) is 14.3. The Morgan fingerprint density at radius 2 is 2.19 bits per heavy atom. The van der Waals surface area contributed by atoms with Crippen molar-refractivity contribution in [1.29, 1.82) is 0 Å². The molecule has 7 heteroatoms. The van der Waals surface area contributed by atoms with E-state index in [0.29, 0.717) is 17.2 Å². The molecule has 0 aromatic heterocycles. The Hall–Kier alpha value is -2.08. The summed E-state index contributed by atoms with van der Waals surface area (Å²) in [6, 6.07) is 4.54. The second kappa shape index (κ2) is 6.58. The first-order chi connectivity index (χ1) is 9.97. The predicted octanol–water partition coefficient (Wildman–Crippen LogP) is 1.89. The molecule has 1 N–H and O–H groups in total. The number of nitrogens with one attached hydrogen (secondary N) is 1. The van der Waals surface area contributed by atoms with E-state index in [1.165, 1.54) is 0 Å². The number of imide groups is 1. The number of rotatable bonds is 5. The average Bonchev–Trinajstić information content (AvgIpc) is 2.74. The van der Waals surface area contributed by atoms with Crippen molar-refractivity contribution >= 4 is 29.5 Å². The van der Waals surface area contributed by atoms with Crippen molar-refractivity contribution in [2.24, 2.45) is 0 Å². The van der Waals surface area contributed by atoms with E-state index in [9.17, 15) is 14.4 Å². The van der Waals surface area contributed by atoms with Gasteiger partial charge in [0.15, 0.2) is 0 Å². The fourth-order valence-corrected chi connectivity index (χ4v) is 2.04. The molecule has 0 radical (unpaired) electrons. The summed E-state index contributed by atoms with van der Waals surface area (Å²) in [7, 11) is 0. The minimum absolute atomic E-state index is 0.0212. The van der Waals surface area contributed by atoms with Gasteiger partial charge < -0.3 is 10.1 Å². The van der Waals surface area contributed by atoms with Gasteiger partial charge in [0.05, 0.1) is 6.54 Å². The molecule has 1 heterocycles. The summed E-state index contributed by atoms with van der Waals surface area (Å²) in [6.45, 7) is 2.05. The molecule has 1 aromatic carbocycles. The molecule has 0 bridgehead atoms. The Labute approximate surface area is 127 Å². The second-order valence-corrected chi connectivity index (χ2v) is 5.10. The van der Waals surface area contributed by atoms with E-state index in [-0.39, 0.29) is 25.4 Å². The lowest BCUT2D eigenvalue weighted by molar-refractivity contribution is -0.135. The van der Waals surface area contributed by atoms with Crippen molar-refractivity contribution < 1.29 is 19.1 Å². The summed E-state index contributed by atoms with van der Waals surface area (Å²) in [5.41, 5.74) is 0.821. The Morgan fingerprint density at radius 3 is 2.81 bits per heavy atom. The minimum Gasteiger partial charge on any atom is -0.427 e. The zero-order chi connectivity index (χ0) is 15.4. The van der Waals surface area contributed by atoms with E-state index in [0.717, 1.165) is 10.5 Å². The number of benzene rings is 1. The second-order valence-electron chi connectivity index (χ2n) is 4.69. The maximum Gasteiger partial charge on any atom is 0.324 e. The van der Waals surface area contributed by atoms with Gasteiger partial charge in [0.25, 0.3) is 0 Å². The van der Waals surface area contributed by atoms with Crippen molar-refractivity contribution in [3.8, 4) is 5.75 Å². The molecule has 0 spiro atoms. The van der Waals surface area contributed by atoms with Gasteiger partial charge >= 0.3 is 12.0 Å². The van der Waals surface area contributed by atoms with E-state index in [1.807, 2.05) is 6.92 Å². The van der Waals surface area contributed by atoms with Crippen LogP contribution in [0.1, 0.15) is 18.4 Å². The van der Waals surface area contributed by atoms with E-state index >= 15 is 0 Å². The Kier molecular flexibility index (Phi) is 4.80. The molecule has 21 heavy (non-hydrogen) atoms. The van der Waals surface area contributed by atoms with Gasteiger partial charge in [-0.2, -0.15) is 0 Å². The molecule has 1 fully saturated rings. The fraction of sp³-hybridized carbons (Fsp3) is 0.357. The number of amides is 3. The van der Waals surface area contributed by atoms with Crippen molar-refractivity contribution in [2.75, 3.05) is 13.1 Å². The lowest BCUT2D eigenvalue weighted by atomic mass is 10.2. The molecular formula is C14H15ClN2O4. The van der Waals surface area contributed by atoms with Crippen molar-refractivity contribution in [3.63, 3.8) is 0 Å². The molecule has 0 saturated carbocycles. The van der Waals surface area contributed by atoms with Crippen LogP contribution >= 0.6 is 11.6 Å². The number of ether oxygens (including phenoxy) is 1. The number of halogens is 1. The molecule has 1 aliphatic rings. The van der Waals surface area contributed by atoms with Crippen LogP contribution in [0.2, 0.25) is 5.02 Å². The lowest BCUT2D eigenvalue weighted by Gasteiger charge is -2.11. The molecule has 6 nitrogen and oxygen atoms in total. The van der Waals surface area contributed by atoms with Crippen LogP contribution in [-0.4, -0.2) is 35.9 Å². The number of hydrogen-bond donors (Lipinski definition) is 1. The molecule has 0 unspecified atom stereocenters. The highest BCUT2D eigenvalue weighted by atomic mass is 35.5. The topological polar surface area (TPSA) is 75.7 Å². The third-order valence-corrected chi connectivity index (χ3v) is 3.48. The molecular weight excluding hydrogens is 296 g/mol. The third kappa shape index (κ3) is 3.95. The monoisotopic (exact) mass is 310 g/mol. The Balaban J connectivity index is 1.78. The van der Waals surface area contributed by atoms with E-state index in [1.54, 1.807) is 18.2 Å². The van der Waals surface area contributed by atoms with Crippen LogP contribution < -0.4 is 10.1 Å². The van der Waals surface area contributed by atoms with Crippen LogP contribution in [0.4, 0.5) is 4.79 Å². The molecule has 1 aromatic rings. The summed E-state index contributed by atoms with van der Waals surface area (Å²) in [6.07, 6.45) is 0.489. The summed E-state index contributed by atoms with van der Waals surface area (Å²) >= 11 is 5.89. The summed E-state index contributed by atoms with van der Waals surface area (Å²) < 4.78 is 5.17. The Morgan fingerprint density at radius 1 is 1.43 bits per heavy atom. The van der Waals surface area contributed by atoms with Crippen molar-refractivity contribution in [3.05, 3.63) is 28.8 Å². The highest BCUT2D eigenvalue weighted by molar-refractivity contribution is 6.31. The zero-order valence-electron chi connectivity index (χ0n) is 11.5. The molecule has 2 rings (SSSR count). The first-order valence-corrected chi connectivity index (χ1v) is 6.90. The maximum atomic E-state index is 11.7. The number of urea groups is 1. The summed E-state index contributed by atoms with van der Waals surface area (Å²) in [4.78, 5) is 35.4. The molecule has 0 aliphatic carbocycles. The largest absolute Gasteiger partial charge is 0.427 e. The molecule has 112 valence electrons. The van der Waals surface area contributed by atoms with Crippen LogP contribution in [-0.2, 0) is 9.59 Å². The summed E-state index contributed by atoms with van der Waals surface area (Å²) in [5.74, 6) is -0.262. The van der Waals surface area contributed by atoms with Gasteiger partial charge in [-0.05, 0) is 37.1 Å². The van der Waals surface area contributed by atoms with Crippen molar-refractivity contribution in [2.45, 2.75) is 19.8 Å². The fourth-order valence-electron chi connectivity index (χ4n) is 1.93. The van der Waals surface area contributed by atoms with E-state index in [2.05, 4.69) is 5.32 Å². The zero-order valence-corrected chi connectivity index (χ0v) is 12.3. The molecule has 3 amide bonds. The quantitative estimate of drug-likeness (QED) is 0.512. The lowest BCUT2D eigenvalue weighted by Crippen LogP contribution is -2.32. The van der Waals surface area contributed by atoms with Crippen molar-refractivity contribution in [1.82, 2.24) is 10.2 Å². The number of carbonyl (C=O) groups is 3. The first-order valence-electron chi connectivity index (χ1n) is 6.52. The first kappa shape index (κ1) is 15.3. The SMILES string of the molecule is Cc1cc(OC(=O)CCCN2C(=O)CNC2=O)ccc1Cl. The van der Waals surface area contributed by atoms with Gasteiger partial charge in [0.1, 0.15) is 5.75 Å². The number of hydrogen-bond acceptors (Lipinski definition) is 4. The van der Waals surface area contributed by atoms with Gasteiger partial charge in [-0.3, -0.25) is 14.5 Å². The predicted molar refractivity (Wildman–Crippen MR) is 76.2 cm³/mol. The number of nitrogens with zero attached hydrogens (tertiary/aromatic N) is 1. The van der Waals surface area contributed by atoms with E-state index in [4.69, 9.17) is 16.3 Å². The van der Waals surface area contributed by atoms with Crippen LogP contribution in [0.5, 0.6) is 5.75 Å². The molecule has 0 atom stereocenters. The smallest absolute Gasteiger partial charge is 0.324 e. The highest BCUT2D eigenvalue weighted by Crippen LogP contribution is 2.21. The van der Waals surface area contributed by atoms with Crippen LogP contribution in [0.3, 0.4) is 0 Å². The van der Waals surface area contributed by atoms with Gasteiger partial charge in [-0.1, -0.05) is 11.6 Å². The standard InChI is InChI=1S/C14H15ClN2O4/c1-9-7-10(4-5-11(9)15)21-13(19)3-2-6-17-12(18)8-16-14(17)20/h4-5,7H,2-3,6,8H2,1H3,(H,16,20). The number of carbonyl (C=O) groups excluding carboxylic acids is 3. The molecule has 1 saturated heterocycles. The maximum absolute atomic E-state index is 11.7. The number of aryl methyl sites for hydroxylation is 1. The van der Waals surface area contributed by atoms with Gasteiger partial charge in [-0.25, -0.2) is 4.79 Å². The van der Waals surface area contributed by atoms with Crippen LogP contribution in [0.15, 0.2) is 18.2 Å². The van der Waals surface area contributed by atoms with Crippen LogP contribution in [0.25, 0.3) is 0 Å². The average molecular weight is 311 g/mol. The van der Waals surface area contributed by atoms with Crippen LogP contribution in [0, 0.1) is 6.92 Å². The number of esters is 1. The van der Waals surface area contributed by atoms with Gasteiger partial charge in [-0.15, -0.1) is 0 Å². The minimum atomic E-state index is -0.415. The third-order valence-electron chi connectivity index (χ3n) is 3.06. The molecule has 1 aliphatic heterocycles. The van der Waals surface area contributed by atoms with E-state index < -0.39 is 12.0 Å².